The number of nitrogens with one attached hydrogen (secondary N) is 1. The minimum absolute atomic E-state index is 0.349. The van der Waals surface area contributed by atoms with Crippen molar-refractivity contribution in [3.05, 3.63) is 29.8 Å². The smallest absolute Gasteiger partial charge is 0.327 e. The van der Waals surface area contributed by atoms with E-state index < -0.39 is 12.0 Å². The predicted molar refractivity (Wildman–Crippen MR) is 75.4 cm³/mol. The monoisotopic (exact) mass is 280 g/mol. The number of para-hydroxylation sites is 1. The summed E-state index contributed by atoms with van der Waals surface area (Å²) in [6.45, 7) is 2.01. The summed E-state index contributed by atoms with van der Waals surface area (Å²) in [5, 5.41) is 11.9. The number of thioether (sulfide) groups is 1. The van der Waals surface area contributed by atoms with Crippen molar-refractivity contribution in [3.63, 3.8) is 0 Å². The van der Waals surface area contributed by atoms with Crippen LogP contribution in [0.2, 0.25) is 0 Å². The van der Waals surface area contributed by atoms with Crippen molar-refractivity contribution in [2.24, 2.45) is 0 Å². The van der Waals surface area contributed by atoms with E-state index in [4.69, 9.17) is 5.11 Å². The molecule has 5 nitrogen and oxygen atoms in total. The van der Waals surface area contributed by atoms with Gasteiger partial charge >= 0.3 is 12.0 Å². The molecule has 1 saturated heterocycles. The minimum Gasteiger partial charge on any atom is -0.480 e. The average Bonchev–Trinajstić information content (AvgIpc) is 2.88. The topological polar surface area (TPSA) is 69.6 Å². The Balaban J connectivity index is 2.10. The van der Waals surface area contributed by atoms with Crippen molar-refractivity contribution in [2.45, 2.75) is 19.4 Å². The van der Waals surface area contributed by atoms with Crippen LogP contribution in [0.15, 0.2) is 24.3 Å². The number of urea groups is 1. The molecular weight excluding hydrogens is 264 g/mol. The first-order chi connectivity index (χ1) is 9.13. The second-order valence-electron chi connectivity index (χ2n) is 4.26. The normalized spacial score (nSPS) is 18.4. The van der Waals surface area contributed by atoms with E-state index in [-0.39, 0.29) is 6.03 Å². The zero-order chi connectivity index (χ0) is 13.8. The van der Waals surface area contributed by atoms with Gasteiger partial charge in [-0.25, -0.2) is 9.59 Å². The van der Waals surface area contributed by atoms with Crippen LogP contribution in [0.25, 0.3) is 0 Å². The third-order valence-electron chi connectivity index (χ3n) is 3.07. The summed E-state index contributed by atoms with van der Waals surface area (Å²) in [5.74, 6) is -0.0983. The van der Waals surface area contributed by atoms with Gasteiger partial charge in [0, 0.05) is 11.4 Å². The van der Waals surface area contributed by atoms with Crippen molar-refractivity contribution < 1.29 is 14.7 Å². The van der Waals surface area contributed by atoms with Crippen molar-refractivity contribution >= 4 is 29.4 Å². The van der Waals surface area contributed by atoms with Crippen LogP contribution in [0.1, 0.15) is 12.5 Å². The van der Waals surface area contributed by atoms with Crippen molar-refractivity contribution in [2.75, 3.05) is 16.9 Å². The zero-order valence-corrected chi connectivity index (χ0v) is 11.4. The van der Waals surface area contributed by atoms with Gasteiger partial charge in [0.15, 0.2) is 0 Å². The van der Waals surface area contributed by atoms with Gasteiger partial charge in [-0.05, 0) is 18.1 Å². The number of aryl methyl sites for hydroxylation is 1. The summed E-state index contributed by atoms with van der Waals surface area (Å²) < 4.78 is 0. The van der Waals surface area contributed by atoms with E-state index in [9.17, 15) is 9.59 Å². The molecule has 0 aliphatic carbocycles. The molecule has 0 spiro atoms. The van der Waals surface area contributed by atoms with Gasteiger partial charge in [0.1, 0.15) is 6.04 Å². The van der Waals surface area contributed by atoms with Gasteiger partial charge in [0.25, 0.3) is 0 Å². The van der Waals surface area contributed by atoms with E-state index >= 15 is 0 Å². The first kappa shape index (κ1) is 13.7. The number of rotatable bonds is 3. The maximum absolute atomic E-state index is 12.1. The first-order valence-corrected chi connectivity index (χ1v) is 7.25. The minimum atomic E-state index is -0.955. The van der Waals surface area contributed by atoms with E-state index in [1.165, 1.54) is 16.7 Å². The van der Waals surface area contributed by atoms with E-state index in [0.29, 0.717) is 11.6 Å². The molecule has 6 heteroatoms. The molecule has 1 atom stereocenters. The van der Waals surface area contributed by atoms with Crippen LogP contribution >= 0.6 is 11.8 Å². The summed E-state index contributed by atoms with van der Waals surface area (Å²) in [4.78, 5) is 24.6. The molecular formula is C13H16N2O3S. The van der Waals surface area contributed by atoms with Gasteiger partial charge in [-0.15, -0.1) is 11.8 Å². The number of carbonyl (C=O) groups excluding carboxylic acids is 1. The van der Waals surface area contributed by atoms with Crippen LogP contribution < -0.4 is 5.32 Å². The number of hydrogen-bond acceptors (Lipinski definition) is 3. The highest BCUT2D eigenvalue weighted by Gasteiger charge is 2.34. The summed E-state index contributed by atoms with van der Waals surface area (Å²) in [5.41, 5.74) is 1.78. The highest BCUT2D eigenvalue weighted by Crippen LogP contribution is 2.23. The maximum Gasteiger partial charge on any atom is 0.327 e. The maximum atomic E-state index is 12.1. The Kier molecular flexibility index (Phi) is 4.31. The lowest BCUT2D eigenvalue weighted by molar-refractivity contribution is -0.140. The highest BCUT2D eigenvalue weighted by atomic mass is 32.2. The number of carboxylic acid groups (broad SMARTS) is 1. The van der Waals surface area contributed by atoms with Crippen LogP contribution in [0.5, 0.6) is 0 Å². The molecule has 1 aromatic rings. The van der Waals surface area contributed by atoms with Crippen molar-refractivity contribution in [3.8, 4) is 0 Å². The summed E-state index contributed by atoms with van der Waals surface area (Å²) >= 11 is 1.45. The fraction of sp³-hybridized carbons (Fsp3) is 0.385. The Morgan fingerprint density at radius 2 is 2.21 bits per heavy atom. The summed E-state index contributed by atoms with van der Waals surface area (Å²) in [6, 6.07) is 6.46. The molecule has 1 heterocycles. The molecule has 0 bridgehead atoms. The number of carbonyl (C=O) groups is 2. The fourth-order valence-corrected chi connectivity index (χ4v) is 3.13. The van der Waals surface area contributed by atoms with E-state index in [0.717, 1.165) is 17.7 Å². The summed E-state index contributed by atoms with van der Waals surface area (Å²) in [7, 11) is 0. The van der Waals surface area contributed by atoms with E-state index in [2.05, 4.69) is 5.32 Å². The number of carboxylic acids is 1. The van der Waals surface area contributed by atoms with E-state index in [1.54, 1.807) is 0 Å². The molecule has 2 rings (SSSR count). The molecule has 0 radical (unpaired) electrons. The Labute approximate surface area is 116 Å². The Hall–Kier alpha value is -1.69. The van der Waals surface area contributed by atoms with Gasteiger partial charge in [0.05, 0.1) is 5.88 Å². The van der Waals surface area contributed by atoms with Crippen LogP contribution in [-0.2, 0) is 11.2 Å². The number of amides is 2. The first-order valence-electron chi connectivity index (χ1n) is 6.09. The average molecular weight is 280 g/mol. The number of hydrogen-bond donors (Lipinski definition) is 2. The predicted octanol–water partition coefficient (Wildman–Crippen LogP) is 2.24. The molecule has 102 valence electrons. The van der Waals surface area contributed by atoms with Gasteiger partial charge in [-0.3, -0.25) is 0 Å². The van der Waals surface area contributed by atoms with Gasteiger partial charge in [-0.1, -0.05) is 25.1 Å². The third kappa shape index (κ3) is 3.01. The molecule has 1 fully saturated rings. The Morgan fingerprint density at radius 1 is 1.47 bits per heavy atom. The second-order valence-corrected chi connectivity index (χ2v) is 5.26. The summed E-state index contributed by atoms with van der Waals surface area (Å²) in [6.07, 6.45) is 0.813. The lowest BCUT2D eigenvalue weighted by Gasteiger charge is -2.21. The van der Waals surface area contributed by atoms with Crippen molar-refractivity contribution in [1.29, 1.82) is 0 Å². The molecule has 19 heavy (non-hydrogen) atoms. The van der Waals surface area contributed by atoms with E-state index in [1.807, 2.05) is 31.2 Å². The number of benzene rings is 1. The molecule has 1 unspecified atom stereocenters. The molecule has 1 aromatic carbocycles. The third-order valence-corrected chi connectivity index (χ3v) is 4.08. The Bertz CT molecular complexity index is 493. The quantitative estimate of drug-likeness (QED) is 0.891. The fourth-order valence-electron chi connectivity index (χ4n) is 1.98. The van der Waals surface area contributed by atoms with Crippen molar-refractivity contribution in [1.82, 2.24) is 4.90 Å². The number of nitrogens with zero attached hydrogens (tertiary/aromatic N) is 1. The molecule has 2 amide bonds. The zero-order valence-electron chi connectivity index (χ0n) is 10.6. The standard InChI is InChI=1S/C13H16N2O3S/c1-2-9-5-3-4-6-10(9)14-13(18)15-8-19-7-11(15)12(16)17/h3-6,11H,2,7-8H2,1H3,(H,14,18)(H,16,17). The Morgan fingerprint density at radius 3 is 2.89 bits per heavy atom. The van der Waals surface area contributed by atoms with Crippen LogP contribution in [0.4, 0.5) is 10.5 Å². The van der Waals surface area contributed by atoms with Crippen LogP contribution in [0.3, 0.4) is 0 Å². The highest BCUT2D eigenvalue weighted by molar-refractivity contribution is 7.99. The molecule has 1 aliphatic heterocycles. The number of anilines is 1. The SMILES string of the molecule is CCc1ccccc1NC(=O)N1CSCC1C(=O)O. The molecule has 0 saturated carbocycles. The second kappa shape index (κ2) is 5.97. The van der Waals surface area contributed by atoms with Crippen LogP contribution in [-0.4, -0.2) is 39.7 Å². The molecule has 1 aliphatic rings. The van der Waals surface area contributed by atoms with Gasteiger partial charge in [0.2, 0.25) is 0 Å². The van der Waals surface area contributed by atoms with Crippen LogP contribution in [0, 0.1) is 0 Å². The van der Waals surface area contributed by atoms with Gasteiger partial charge in [-0.2, -0.15) is 0 Å². The molecule has 0 aromatic heterocycles. The van der Waals surface area contributed by atoms with Gasteiger partial charge < -0.3 is 15.3 Å². The number of aliphatic carboxylic acids is 1. The largest absolute Gasteiger partial charge is 0.480 e. The molecule has 2 N–H and O–H groups in total. The lowest BCUT2D eigenvalue weighted by atomic mass is 10.1. The lowest BCUT2D eigenvalue weighted by Crippen LogP contribution is -2.44.